The van der Waals surface area contributed by atoms with Crippen LogP contribution in [-0.4, -0.2) is 21.9 Å². The zero-order chi connectivity index (χ0) is 11.2. The Bertz CT molecular complexity index is 297. The van der Waals surface area contributed by atoms with Gasteiger partial charge in [-0.05, 0) is 31.4 Å². The fourth-order valence-electron chi connectivity index (χ4n) is 2.54. The molecule has 1 saturated heterocycles. The van der Waals surface area contributed by atoms with Crippen molar-refractivity contribution in [2.45, 2.75) is 38.3 Å². The zero-order valence-corrected chi connectivity index (χ0v) is 11.9. The second-order valence-corrected chi connectivity index (χ2v) is 5.66. The van der Waals surface area contributed by atoms with E-state index in [-0.39, 0.29) is 0 Å². The molecule has 0 aliphatic carbocycles. The van der Waals surface area contributed by atoms with Crippen LogP contribution in [0.15, 0.2) is 30.3 Å². The summed E-state index contributed by atoms with van der Waals surface area (Å²) < 4.78 is 1.29. The Morgan fingerprint density at radius 2 is 2.00 bits per heavy atom. The second kappa shape index (κ2) is 6.60. The first-order valence-electron chi connectivity index (χ1n) is 6.24. The molecule has 2 rings (SSSR count). The van der Waals surface area contributed by atoms with Crippen LogP contribution in [0.2, 0.25) is 0 Å². The molecule has 0 aromatic heterocycles. The van der Waals surface area contributed by atoms with Gasteiger partial charge in [0.25, 0.3) is 0 Å². The van der Waals surface area contributed by atoms with E-state index in [1.807, 2.05) is 0 Å². The Kier molecular flexibility index (Phi) is 5.10. The third kappa shape index (κ3) is 3.45. The van der Waals surface area contributed by atoms with Gasteiger partial charge in [0, 0.05) is 17.0 Å². The Balaban J connectivity index is 1.96. The highest BCUT2D eigenvalue weighted by molar-refractivity contribution is 14.1. The van der Waals surface area contributed by atoms with Crippen LogP contribution in [0.3, 0.4) is 0 Å². The summed E-state index contributed by atoms with van der Waals surface area (Å²) in [6.45, 7) is 2.43. The Morgan fingerprint density at radius 3 is 2.75 bits per heavy atom. The molecule has 0 amide bonds. The first-order valence-corrected chi connectivity index (χ1v) is 7.76. The fourth-order valence-corrected chi connectivity index (χ4v) is 3.26. The van der Waals surface area contributed by atoms with Gasteiger partial charge in [-0.3, -0.25) is 4.90 Å². The number of hydrogen-bond donors (Lipinski definition) is 0. The van der Waals surface area contributed by atoms with Crippen LogP contribution >= 0.6 is 22.6 Å². The van der Waals surface area contributed by atoms with Crippen molar-refractivity contribution in [1.82, 2.24) is 4.90 Å². The average Bonchev–Trinajstić information content (AvgIpc) is 2.33. The van der Waals surface area contributed by atoms with E-state index in [1.54, 1.807) is 0 Å². The largest absolute Gasteiger partial charge is 0.296 e. The van der Waals surface area contributed by atoms with Crippen molar-refractivity contribution in [3.8, 4) is 0 Å². The highest BCUT2D eigenvalue weighted by atomic mass is 127. The van der Waals surface area contributed by atoms with E-state index >= 15 is 0 Å². The molecule has 88 valence electrons. The molecule has 1 aliphatic rings. The van der Waals surface area contributed by atoms with Crippen molar-refractivity contribution in [2.75, 3.05) is 11.0 Å². The summed E-state index contributed by atoms with van der Waals surface area (Å²) in [7, 11) is 0. The van der Waals surface area contributed by atoms with Crippen LogP contribution in [0.5, 0.6) is 0 Å². The van der Waals surface area contributed by atoms with Crippen LogP contribution in [0.25, 0.3) is 0 Å². The van der Waals surface area contributed by atoms with Gasteiger partial charge >= 0.3 is 0 Å². The maximum atomic E-state index is 2.68. The lowest BCUT2D eigenvalue weighted by molar-refractivity contribution is 0.137. The fraction of sp³-hybridized carbons (Fsp3) is 0.571. The van der Waals surface area contributed by atoms with Crippen molar-refractivity contribution in [1.29, 1.82) is 0 Å². The number of halogens is 1. The summed E-state index contributed by atoms with van der Waals surface area (Å²) >= 11 is 2.50. The molecular formula is C14H20IN. The number of benzene rings is 1. The molecule has 1 fully saturated rings. The van der Waals surface area contributed by atoms with Crippen LogP contribution in [0.4, 0.5) is 0 Å². The molecule has 1 aromatic carbocycles. The molecule has 0 unspecified atom stereocenters. The van der Waals surface area contributed by atoms with Gasteiger partial charge in [-0.2, -0.15) is 0 Å². The predicted molar refractivity (Wildman–Crippen MR) is 78.0 cm³/mol. The lowest BCUT2D eigenvalue weighted by Crippen LogP contribution is -2.39. The SMILES string of the molecule is ICC[C@@H]1CCCCN1Cc1ccccc1. The standard InChI is InChI=1S/C14H20IN/c15-10-9-14-8-4-5-11-16(14)12-13-6-2-1-3-7-13/h1-3,6-7,14H,4-5,8-12H2/t14-/m0/s1. The molecule has 16 heavy (non-hydrogen) atoms. The summed E-state index contributed by atoms with van der Waals surface area (Å²) in [5.74, 6) is 0. The normalized spacial score (nSPS) is 22.2. The Morgan fingerprint density at radius 1 is 1.19 bits per heavy atom. The van der Waals surface area contributed by atoms with E-state index in [4.69, 9.17) is 0 Å². The van der Waals surface area contributed by atoms with E-state index in [0.29, 0.717) is 0 Å². The summed E-state index contributed by atoms with van der Waals surface area (Å²) in [4.78, 5) is 2.68. The van der Waals surface area contributed by atoms with E-state index < -0.39 is 0 Å². The maximum Gasteiger partial charge on any atom is 0.0236 e. The van der Waals surface area contributed by atoms with Crippen molar-refractivity contribution < 1.29 is 0 Å². The van der Waals surface area contributed by atoms with E-state index in [1.165, 1.54) is 42.2 Å². The number of likely N-dealkylation sites (tertiary alicyclic amines) is 1. The van der Waals surface area contributed by atoms with Crippen LogP contribution in [0.1, 0.15) is 31.2 Å². The van der Waals surface area contributed by atoms with Gasteiger partial charge in [0.15, 0.2) is 0 Å². The molecule has 0 saturated carbocycles. The molecule has 0 N–H and O–H groups in total. The number of nitrogens with zero attached hydrogens (tertiary/aromatic N) is 1. The topological polar surface area (TPSA) is 3.24 Å². The van der Waals surface area contributed by atoms with Gasteiger partial charge in [-0.1, -0.05) is 59.3 Å². The zero-order valence-electron chi connectivity index (χ0n) is 9.74. The maximum absolute atomic E-state index is 2.68. The lowest BCUT2D eigenvalue weighted by Gasteiger charge is -2.35. The first kappa shape index (κ1) is 12.4. The Labute approximate surface area is 112 Å². The van der Waals surface area contributed by atoms with Gasteiger partial charge in [-0.25, -0.2) is 0 Å². The van der Waals surface area contributed by atoms with Gasteiger partial charge in [0.2, 0.25) is 0 Å². The van der Waals surface area contributed by atoms with E-state index in [2.05, 4.69) is 57.8 Å². The smallest absolute Gasteiger partial charge is 0.0236 e. The number of hydrogen-bond acceptors (Lipinski definition) is 1. The van der Waals surface area contributed by atoms with Gasteiger partial charge in [0.1, 0.15) is 0 Å². The Hall–Kier alpha value is -0.0900. The monoisotopic (exact) mass is 329 g/mol. The molecule has 2 heteroatoms. The molecule has 1 atom stereocenters. The molecule has 0 bridgehead atoms. The molecule has 1 heterocycles. The van der Waals surface area contributed by atoms with Crippen molar-refractivity contribution in [3.05, 3.63) is 35.9 Å². The van der Waals surface area contributed by atoms with Crippen molar-refractivity contribution in [3.63, 3.8) is 0 Å². The molecule has 1 aromatic rings. The second-order valence-electron chi connectivity index (χ2n) is 4.58. The van der Waals surface area contributed by atoms with Gasteiger partial charge < -0.3 is 0 Å². The molecule has 1 aliphatic heterocycles. The number of rotatable bonds is 4. The number of alkyl halides is 1. The van der Waals surface area contributed by atoms with E-state index in [9.17, 15) is 0 Å². The first-order chi connectivity index (χ1) is 7.90. The average molecular weight is 329 g/mol. The summed E-state index contributed by atoms with van der Waals surface area (Å²) in [5, 5.41) is 0. The van der Waals surface area contributed by atoms with Crippen LogP contribution in [0, 0.1) is 0 Å². The minimum Gasteiger partial charge on any atom is -0.296 e. The van der Waals surface area contributed by atoms with Gasteiger partial charge in [-0.15, -0.1) is 0 Å². The molecular weight excluding hydrogens is 309 g/mol. The third-order valence-corrected chi connectivity index (χ3v) is 4.04. The predicted octanol–water partition coefficient (Wildman–Crippen LogP) is 3.87. The summed E-state index contributed by atoms with van der Waals surface area (Å²) in [5.41, 5.74) is 1.46. The van der Waals surface area contributed by atoms with E-state index in [0.717, 1.165) is 12.6 Å². The molecule has 1 nitrogen and oxygen atoms in total. The van der Waals surface area contributed by atoms with Crippen LogP contribution < -0.4 is 0 Å². The van der Waals surface area contributed by atoms with Gasteiger partial charge in [0.05, 0.1) is 0 Å². The van der Waals surface area contributed by atoms with Crippen LogP contribution in [-0.2, 0) is 6.54 Å². The number of piperidine rings is 1. The summed E-state index contributed by atoms with van der Waals surface area (Å²) in [6.07, 6.45) is 5.56. The van der Waals surface area contributed by atoms with Crippen molar-refractivity contribution >= 4 is 22.6 Å². The molecule has 0 radical (unpaired) electrons. The van der Waals surface area contributed by atoms with Crippen molar-refractivity contribution in [2.24, 2.45) is 0 Å². The third-order valence-electron chi connectivity index (χ3n) is 3.42. The minimum atomic E-state index is 0.825. The highest BCUT2D eigenvalue weighted by Crippen LogP contribution is 2.22. The summed E-state index contributed by atoms with van der Waals surface area (Å²) in [6, 6.07) is 11.7. The quantitative estimate of drug-likeness (QED) is 0.599. The lowest BCUT2D eigenvalue weighted by atomic mass is 9.99. The minimum absolute atomic E-state index is 0.825. The highest BCUT2D eigenvalue weighted by Gasteiger charge is 2.21. The molecule has 0 spiro atoms.